The summed E-state index contributed by atoms with van der Waals surface area (Å²) in [6.45, 7) is 2.29. The normalized spacial score (nSPS) is 16.5. The number of amides is 1. The minimum Gasteiger partial charge on any atom is -0.495 e. The zero-order valence-corrected chi connectivity index (χ0v) is 14.4. The highest BCUT2D eigenvalue weighted by molar-refractivity contribution is 7.92. The first-order chi connectivity index (χ1) is 10.9. The van der Waals surface area contributed by atoms with Crippen LogP contribution in [0.5, 0.6) is 5.75 Å². The number of methoxy groups -OCH3 is 2. The van der Waals surface area contributed by atoms with E-state index >= 15 is 0 Å². The molecule has 2 rings (SSSR count). The van der Waals surface area contributed by atoms with Crippen molar-refractivity contribution in [3.63, 3.8) is 0 Å². The van der Waals surface area contributed by atoms with Crippen LogP contribution < -0.4 is 14.4 Å². The molecule has 0 unspecified atom stereocenters. The van der Waals surface area contributed by atoms with Crippen LogP contribution in [-0.2, 0) is 19.6 Å². The predicted molar refractivity (Wildman–Crippen MR) is 88.5 cm³/mol. The maximum absolute atomic E-state index is 12.1. The molecule has 7 nitrogen and oxygen atoms in total. The number of carbonyl (C=O) groups excluding carboxylic acids is 1. The summed E-state index contributed by atoms with van der Waals surface area (Å²) in [4.78, 5) is 13.6. The Balaban J connectivity index is 2.25. The number of hydrogen-bond acceptors (Lipinski definition) is 5. The third-order valence-electron chi connectivity index (χ3n) is 3.67. The van der Waals surface area contributed by atoms with Gasteiger partial charge >= 0.3 is 0 Å². The van der Waals surface area contributed by atoms with Crippen LogP contribution >= 0.6 is 0 Å². The lowest BCUT2D eigenvalue weighted by atomic mass is 10.2. The van der Waals surface area contributed by atoms with Gasteiger partial charge < -0.3 is 14.4 Å². The fourth-order valence-corrected chi connectivity index (χ4v) is 3.79. The first-order valence-electron chi connectivity index (χ1n) is 7.38. The first-order valence-corrected chi connectivity index (χ1v) is 9.03. The summed E-state index contributed by atoms with van der Waals surface area (Å²) in [5.74, 6) is 0.401. The number of carbonyl (C=O) groups is 1. The van der Waals surface area contributed by atoms with Gasteiger partial charge in [0.1, 0.15) is 5.75 Å². The van der Waals surface area contributed by atoms with Crippen LogP contribution in [0.4, 0.5) is 11.4 Å². The molecule has 1 aliphatic heterocycles. The lowest BCUT2D eigenvalue weighted by Crippen LogP contribution is -2.26. The summed E-state index contributed by atoms with van der Waals surface area (Å²) in [5, 5.41) is 0. The Kier molecular flexibility index (Phi) is 5.48. The molecule has 1 amide bonds. The highest BCUT2D eigenvalue weighted by atomic mass is 32.2. The average Bonchev–Trinajstić information content (AvgIpc) is 2.92. The molecule has 1 N–H and O–H groups in total. The van der Waals surface area contributed by atoms with Crippen molar-refractivity contribution in [2.75, 3.05) is 36.1 Å². The molecule has 1 fully saturated rings. The minimum atomic E-state index is -3.54. The number of nitrogens with zero attached hydrogens (tertiary/aromatic N) is 1. The van der Waals surface area contributed by atoms with Crippen LogP contribution in [-0.4, -0.2) is 46.9 Å². The fraction of sp³-hybridized carbons (Fsp3) is 0.533. The van der Waals surface area contributed by atoms with Gasteiger partial charge in [0, 0.05) is 20.1 Å². The Morgan fingerprint density at radius 1 is 1.35 bits per heavy atom. The molecule has 1 aromatic carbocycles. The first kappa shape index (κ1) is 17.6. The molecular weight excluding hydrogens is 320 g/mol. The van der Waals surface area contributed by atoms with Gasteiger partial charge in [-0.2, -0.15) is 0 Å². The van der Waals surface area contributed by atoms with Gasteiger partial charge in [0.15, 0.2) is 0 Å². The summed E-state index contributed by atoms with van der Waals surface area (Å²) < 4.78 is 37.0. The molecule has 0 spiro atoms. The molecule has 128 valence electrons. The number of rotatable bonds is 7. The second-order valence-corrected chi connectivity index (χ2v) is 7.23. The average molecular weight is 342 g/mol. The zero-order chi connectivity index (χ0) is 17.0. The van der Waals surface area contributed by atoms with Gasteiger partial charge in [-0.25, -0.2) is 8.42 Å². The van der Waals surface area contributed by atoms with Gasteiger partial charge in [-0.3, -0.25) is 9.52 Å². The van der Waals surface area contributed by atoms with Crippen molar-refractivity contribution in [1.29, 1.82) is 0 Å². The summed E-state index contributed by atoms with van der Waals surface area (Å²) in [7, 11) is -0.558. The number of benzene rings is 1. The van der Waals surface area contributed by atoms with E-state index in [0.717, 1.165) is 6.42 Å². The lowest BCUT2D eigenvalue weighted by molar-refractivity contribution is -0.117. The van der Waals surface area contributed by atoms with Crippen molar-refractivity contribution in [1.82, 2.24) is 0 Å². The van der Waals surface area contributed by atoms with E-state index in [0.29, 0.717) is 30.1 Å². The van der Waals surface area contributed by atoms with Crippen molar-refractivity contribution in [2.24, 2.45) is 0 Å². The highest BCUT2D eigenvalue weighted by Gasteiger charge is 2.25. The van der Waals surface area contributed by atoms with E-state index in [9.17, 15) is 13.2 Å². The summed E-state index contributed by atoms with van der Waals surface area (Å²) in [5.41, 5.74) is 0.971. The van der Waals surface area contributed by atoms with Crippen LogP contribution in [0.2, 0.25) is 0 Å². The molecule has 8 heteroatoms. The Labute approximate surface area is 136 Å². The molecule has 0 saturated carbocycles. The quantitative estimate of drug-likeness (QED) is 0.813. The van der Waals surface area contributed by atoms with E-state index in [1.807, 2.05) is 0 Å². The van der Waals surface area contributed by atoms with Crippen molar-refractivity contribution >= 4 is 27.3 Å². The van der Waals surface area contributed by atoms with E-state index in [1.54, 1.807) is 30.0 Å². The molecule has 0 radical (unpaired) electrons. The molecule has 0 bridgehead atoms. The van der Waals surface area contributed by atoms with E-state index in [2.05, 4.69) is 4.72 Å². The third kappa shape index (κ3) is 4.35. The van der Waals surface area contributed by atoms with E-state index in [1.165, 1.54) is 14.2 Å². The molecule has 1 atom stereocenters. The van der Waals surface area contributed by atoms with Crippen molar-refractivity contribution in [2.45, 2.75) is 25.9 Å². The second kappa shape index (κ2) is 7.18. The van der Waals surface area contributed by atoms with Gasteiger partial charge in [-0.05, 0) is 31.5 Å². The molecule has 0 aliphatic carbocycles. The summed E-state index contributed by atoms with van der Waals surface area (Å²) in [6.07, 6.45) is 0.860. The smallest absolute Gasteiger partial charge is 0.235 e. The van der Waals surface area contributed by atoms with Crippen LogP contribution in [0.25, 0.3) is 0 Å². The standard InChI is InChI=1S/C15H22N2O5S/c1-11(21-2)10-23(19,20)16-12-6-7-14(22-3)13(9-12)17-8-4-5-15(17)18/h6-7,9,11,16H,4-5,8,10H2,1-3H3/t11-/m1/s1. The highest BCUT2D eigenvalue weighted by Crippen LogP contribution is 2.34. The van der Waals surface area contributed by atoms with Crippen LogP contribution in [0.1, 0.15) is 19.8 Å². The van der Waals surface area contributed by atoms with Gasteiger partial charge in [0.2, 0.25) is 15.9 Å². The molecule has 1 aliphatic rings. The zero-order valence-electron chi connectivity index (χ0n) is 13.5. The Morgan fingerprint density at radius 2 is 2.09 bits per heavy atom. The number of hydrogen-bond donors (Lipinski definition) is 1. The topological polar surface area (TPSA) is 84.9 Å². The largest absolute Gasteiger partial charge is 0.495 e. The van der Waals surface area contributed by atoms with Gasteiger partial charge in [-0.15, -0.1) is 0 Å². The Morgan fingerprint density at radius 3 is 2.65 bits per heavy atom. The van der Waals surface area contributed by atoms with E-state index < -0.39 is 16.1 Å². The molecule has 1 heterocycles. The number of sulfonamides is 1. The second-order valence-electron chi connectivity index (χ2n) is 5.47. The fourth-order valence-electron chi connectivity index (χ4n) is 2.47. The molecule has 0 aromatic heterocycles. The molecular formula is C15H22N2O5S. The van der Waals surface area contributed by atoms with Gasteiger partial charge in [0.05, 0.1) is 30.3 Å². The van der Waals surface area contributed by atoms with E-state index in [4.69, 9.17) is 9.47 Å². The number of anilines is 2. The minimum absolute atomic E-state index is 0.0105. The Bertz CT molecular complexity index is 674. The number of nitrogens with one attached hydrogen (secondary N) is 1. The van der Waals surface area contributed by atoms with Crippen molar-refractivity contribution in [3.8, 4) is 5.75 Å². The lowest BCUT2D eigenvalue weighted by Gasteiger charge is -2.20. The third-order valence-corrected chi connectivity index (χ3v) is 5.13. The number of ether oxygens (including phenoxy) is 2. The Hall–Kier alpha value is -1.80. The van der Waals surface area contributed by atoms with Crippen molar-refractivity contribution < 1.29 is 22.7 Å². The van der Waals surface area contributed by atoms with Crippen LogP contribution in [0, 0.1) is 0 Å². The monoisotopic (exact) mass is 342 g/mol. The van der Waals surface area contributed by atoms with Gasteiger partial charge in [-0.1, -0.05) is 0 Å². The maximum Gasteiger partial charge on any atom is 0.235 e. The molecule has 1 aromatic rings. The van der Waals surface area contributed by atoms with Crippen molar-refractivity contribution in [3.05, 3.63) is 18.2 Å². The van der Waals surface area contributed by atoms with Gasteiger partial charge in [0.25, 0.3) is 0 Å². The summed E-state index contributed by atoms with van der Waals surface area (Å²) >= 11 is 0. The molecule has 1 saturated heterocycles. The van der Waals surface area contributed by atoms with Crippen LogP contribution in [0.3, 0.4) is 0 Å². The molecule has 23 heavy (non-hydrogen) atoms. The predicted octanol–water partition coefficient (Wildman–Crippen LogP) is 1.60. The SMILES string of the molecule is COc1ccc(NS(=O)(=O)C[C@@H](C)OC)cc1N1CCCC1=O. The van der Waals surface area contributed by atoms with Crippen LogP contribution in [0.15, 0.2) is 18.2 Å². The summed E-state index contributed by atoms with van der Waals surface area (Å²) in [6, 6.07) is 4.88. The van der Waals surface area contributed by atoms with E-state index in [-0.39, 0.29) is 11.7 Å². The maximum atomic E-state index is 12.1.